The van der Waals surface area contributed by atoms with Crippen molar-refractivity contribution in [1.29, 1.82) is 0 Å². The van der Waals surface area contributed by atoms with Crippen LogP contribution in [0.4, 0.5) is 10.1 Å². The second-order valence-electron chi connectivity index (χ2n) is 4.58. The van der Waals surface area contributed by atoms with Crippen LogP contribution in [-0.2, 0) is 4.74 Å². The van der Waals surface area contributed by atoms with Gasteiger partial charge in [-0.1, -0.05) is 6.07 Å². The lowest BCUT2D eigenvalue weighted by Gasteiger charge is -2.37. The fourth-order valence-corrected chi connectivity index (χ4v) is 2.31. The third-order valence-corrected chi connectivity index (χ3v) is 3.16. The van der Waals surface area contributed by atoms with E-state index in [1.165, 1.54) is 6.07 Å². The predicted molar refractivity (Wildman–Crippen MR) is 66.6 cm³/mol. The molecule has 0 radical (unpaired) electrons. The zero-order valence-corrected chi connectivity index (χ0v) is 10.3. The molecule has 1 aliphatic heterocycles. The van der Waals surface area contributed by atoms with E-state index >= 15 is 0 Å². The van der Waals surface area contributed by atoms with Crippen molar-refractivity contribution in [2.24, 2.45) is 5.73 Å². The second-order valence-corrected chi connectivity index (χ2v) is 4.58. The fraction of sp³-hybridized carbons (Fsp3) is 0.538. The first-order valence-corrected chi connectivity index (χ1v) is 5.99. The summed E-state index contributed by atoms with van der Waals surface area (Å²) < 4.78 is 19.2. The molecule has 2 N–H and O–H groups in total. The summed E-state index contributed by atoms with van der Waals surface area (Å²) in [6.45, 7) is 6.03. The standard InChI is InChI=1S/C13H19FN2O/c1-9-8-17-7-6-16(9)12-5-3-4-11(14)13(12)10(2)15/h3-5,9-10H,6-8,15H2,1-2H3/t9?,10-/m0/s1. The smallest absolute Gasteiger partial charge is 0.130 e. The molecule has 0 aromatic heterocycles. The number of hydrogen-bond donors (Lipinski definition) is 1. The summed E-state index contributed by atoms with van der Waals surface area (Å²) in [5, 5.41) is 0. The van der Waals surface area contributed by atoms with Gasteiger partial charge < -0.3 is 15.4 Å². The highest BCUT2D eigenvalue weighted by Gasteiger charge is 2.23. The van der Waals surface area contributed by atoms with Gasteiger partial charge in [-0.05, 0) is 26.0 Å². The maximum atomic E-state index is 13.8. The van der Waals surface area contributed by atoms with Gasteiger partial charge in [0.1, 0.15) is 5.82 Å². The maximum Gasteiger partial charge on any atom is 0.130 e. The van der Waals surface area contributed by atoms with E-state index < -0.39 is 0 Å². The summed E-state index contributed by atoms with van der Waals surface area (Å²) in [4.78, 5) is 2.17. The number of nitrogens with zero attached hydrogens (tertiary/aromatic N) is 1. The minimum absolute atomic E-state index is 0.226. The van der Waals surface area contributed by atoms with E-state index in [0.29, 0.717) is 18.8 Å². The van der Waals surface area contributed by atoms with Crippen molar-refractivity contribution in [3.8, 4) is 0 Å². The molecule has 2 rings (SSSR count). The first kappa shape index (κ1) is 12.3. The molecule has 2 atom stereocenters. The SMILES string of the molecule is CC1COCCN1c1cccc(F)c1[C@H](C)N. The Morgan fingerprint density at radius 3 is 2.94 bits per heavy atom. The van der Waals surface area contributed by atoms with Gasteiger partial charge in [0.05, 0.1) is 13.2 Å². The molecule has 1 aromatic rings. The van der Waals surface area contributed by atoms with Gasteiger partial charge in [0.15, 0.2) is 0 Å². The van der Waals surface area contributed by atoms with E-state index in [4.69, 9.17) is 10.5 Å². The number of rotatable bonds is 2. The van der Waals surface area contributed by atoms with Gasteiger partial charge in [-0.25, -0.2) is 4.39 Å². The molecular weight excluding hydrogens is 219 g/mol. The fourth-order valence-electron chi connectivity index (χ4n) is 2.31. The Bertz CT molecular complexity index is 395. The Balaban J connectivity index is 2.40. The zero-order valence-electron chi connectivity index (χ0n) is 10.3. The van der Waals surface area contributed by atoms with E-state index in [-0.39, 0.29) is 17.9 Å². The van der Waals surface area contributed by atoms with E-state index in [0.717, 1.165) is 12.2 Å². The monoisotopic (exact) mass is 238 g/mol. The lowest BCUT2D eigenvalue weighted by molar-refractivity contribution is 0.0988. The Morgan fingerprint density at radius 1 is 1.53 bits per heavy atom. The van der Waals surface area contributed by atoms with E-state index in [1.807, 2.05) is 13.0 Å². The third-order valence-electron chi connectivity index (χ3n) is 3.16. The highest BCUT2D eigenvalue weighted by molar-refractivity contribution is 5.56. The average Bonchev–Trinajstić information content (AvgIpc) is 2.28. The summed E-state index contributed by atoms with van der Waals surface area (Å²) >= 11 is 0. The van der Waals surface area contributed by atoms with Crippen molar-refractivity contribution >= 4 is 5.69 Å². The molecule has 1 aliphatic rings. The van der Waals surface area contributed by atoms with Crippen LogP contribution in [0.2, 0.25) is 0 Å². The number of benzene rings is 1. The predicted octanol–water partition coefficient (Wildman–Crippen LogP) is 2.07. The Labute approximate surface area is 101 Å². The highest BCUT2D eigenvalue weighted by Crippen LogP contribution is 2.30. The molecule has 1 aromatic carbocycles. The lowest BCUT2D eigenvalue weighted by atomic mass is 10.0. The number of ether oxygens (including phenoxy) is 1. The van der Waals surface area contributed by atoms with Gasteiger partial charge in [-0.2, -0.15) is 0 Å². The van der Waals surface area contributed by atoms with E-state index in [9.17, 15) is 4.39 Å². The molecule has 0 spiro atoms. The van der Waals surface area contributed by atoms with Crippen LogP contribution in [0, 0.1) is 5.82 Å². The number of hydrogen-bond acceptors (Lipinski definition) is 3. The van der Waals surface area contributed by atoms with Crippen molar-refractivity contribution in [3.05, 3.63) is 29.6 Å². The first-order chi connectivity index (χ1) is 8.11. The van der Waals surface area contributed by atoms with Crippen molar-refractivity contribution < 1.29 is 9.13 Å². The minimum atomic E-state index is -0.304. The molecule has 0 saturated carbocycles. The molecule has 0 bridgehead atoms. The second kappa shape index (κ2) is 5.02. The Morgan fingerprint density at radius 2 is 2.29 bits per heavy atom. The van der Waals surface area contributed by atoms with Crippen LogP contribution in [-0.4, -0.2) is 25.8 Å². The molecule has 1 fully saturated rings. The molecule has 0 aliphatic carbocycles. The van der Waals surface area contributed by atoms with Gasteiger partial charge >= 0.3 is 0 Å². The normalized spacial score (nSPS) is 22.6. The third kappa shape index (κ3) is 2.42. The van der Waals surface area contributed by atoms with Gasteiger partial charge in [0.25, 0.3) is 0 Å². The van der Waals surface area contributed by atoms with Crippen molar-refractivity contribution in [3.63, 3.8) is 0 Å². The topological polar surface area (TPSA) is 38.5 Å². The van der Waals surface area contributed by atoms with Crippen molar-refractivity contribution in [2.75, 3.05) is 24.7 Å². The van der Waals surface area contributed by atoms with Gasteiger partial charge in [-0.3, -0.25) is 0 Å². The first-order valence-electron chi connectivity index (χ1n) is 5.99. The van der Waals surface area contributed by atoms with E-state index in [2.05, 4.69) is 11.8 Å². The number of anilines is 1. The largest absolute Gasteiger partial charge is 0.377 e. The summed E-state index contributed by atoms with van der Waals surface area (Å²) in [6, 6.07) is 5.08. The van der Waals surface area contributed by atoms with Crippen LogP contribution < -0.4 is 10.6 Å². The molecule has 4 heteroatoms. The molecule has 0 amide bonds. The van der Waals surface area contributed by atoms with Gasteiger partial charge in [-0.15, -0.1) is 0 Å². The molecular formula is C13H19FN2O. The highest BCUT2D eigenvalue weighted by atomic mass is 19.1. The van der Waals surface area contributed by atoms with Crippen LogP contribution in [0.5, 0.6) is 0 Å². The Kier molecular flexibility index (Phi) is 3.64. The molecule has 3 nitrogen and oxygen atoms in total. The van der Waals surface area contributed by atoms with Crippen molar-refractivity contribution in [1.82, 2.24) is 0 Å². The van der Waals surface area contributed by atoms with Crippen LogP contribution in [0.3, 0.4) is 0 Å². The number of nitrogens with two attached hydrogens (primary N) is 1. The maximum absolute atomic E-state index is 13.8. The zero-order chi connectivity index (χ0) is 12.4. The van der Waals surface area contributed by atoms with Crippen molar-refractivity contribution in [2.45, 2.75) is 25.9 Å². The number of morpholine rings is 1. The van der Waals surface area contributed by atoms with Crippen LogP contribution in [0.25, 0.3) is 0 Å². The molecule has 1 unspecified atom stereocenters. The lowest BCUT2D eigenvalue weighted by Crippen LogP contribution is -2.44. The van der Waals surface area contributed by atoms with Crippen LogP contribution in [0.15, 0.2) is 18.2 Å². The van der Waals surface area contributed by atoms with E-state index in [1.54, 1.807) is 6.07 Å². The summed E-state index contributed by atoms with van der Waals surface area (Å²) in [5.74, 6) is -0.226. The molecule has 1 heterocycles. The van der Waals surface area contributed by atoms with Gasteiger partial charge in [0.2, 0.25) is 0 Å². The molecule has 1 saturated heterocycles. The quantitative estimate of drug-likeness (QED) is 0.857. The minimum Gasteiger partial charge on any atom is -0.377 e. The Hall–Kier alpha value is -1.13. The van der Waals surface area contributed by atoms with Crippen LogP contribution >= 0.6 is 0 Å². The summed E-state index contributed by atoms with van der Waals surface area (Å²) in [5.41, 5.74) is 7.37. The van der Waals surface area contributed by atoms with Gasteiger partial charge in [0, 0.05) is 29.9 Å². The molecule has 17 heavy (non-hydrogen) atoms. The average molecular weight is 238 g/mol. The summed E-state index contributed by atoms with van der Waals surface area (Å²) in [7, 11) is 0. The molecule has 94 valence electrons. The number of halogens is 1. The summed E-state index contributed by atoms with van der Waals surface area (Å²) in [6.07, 6.45) is 0. The van der Waals surface area contributed by atoms with Crippen LogP contribution in [0.1, 0.15) is 25.5 Å².